The summed E-state index contributed by atoms with van der Waals surface area (Å²) in [5.41, 5.74) is 0.0542. The molecule has 0 aliphatic heterocycles. The van der Waals surface area contributed by atoms with E-state index in [-0.39, 0.29) is 16.2 Å². The molecule has 0 amide bonds. The van der Waals surface area contributed by atoms with Crippen LogP contribution in [-0.4, -0.2) is 35.7 Å². The van der Waals surface area contributed by atoms with E-state index in [9.17, 15) is 8.42 Å². The second-order valence-corrected chi connectivity index (χ2v) is 9.00. The van der Waals surface area contributed by atoms with Crippen LogP contribution in [0, 0.1) is 0 Å². The van der Waals surface area contributed by atoms with Gasteiger partial charge in [0.1, 0.15) is 5.82 Å². The van der Waals surface area contributed by atoms with Crippen molar-refractivity contribution in [3.05, 3.63) is 18.3 Å². The first kappa shape index (κ1) is 17.6. The Morgan fingerprint density at radius 1 is 1.10 bits per heavy atom. The summed E-state index contributed by atoms with van der Waals surface area (Å²) in [4.78, 5) is 10.4. The van der Waals surface area contributed by atoms with Crippen LogP contribution in [0.3, 0.4) is 0 Å². The number of hydrogen-bond donors (Lipinski definition) is 0. The van der Waals surface area contributed by atoms with Gasteiger partial charge in [-0.1, -0.05) is 6.58 Å². The van der Waals surface area contributed by atoms with E-state index in [1.54, 1.807) is 6.07 Å². The number of nitrogens with zero attached hydrogens (tertiary/aromatic N) is 3. The van der Waals surface area contributed by atoms with Crippen LogP contribution in [0.4, 0.5) is 5.82 Å². The van der Waals surface area contributed by atoms with Crippen LogP contribution < -0.4 is 4.90 Å². The largest absolute Gasteiger partial charge is 0.347 e. The molecule has 0 saturated heterocycles. The van der Waals surface area contributed by atoms with Crippen molar-refractivity contribution in [3.63, 3.8) is 0 Å². The van der Waals surface area contributed by atoms with Crippen LogP contribution in [0.15, 0.2) is 17.8 Å². The number of sulfone groups is 1. The monoisotopic (exact) mass is 311 g/mol. The zero-order valence-corrected chi connectivity index (χ0v) is 14.7. The minimum Gasteiger partial charge on any atom is -0.347 e. The summed E-state index contributed by atoms with van der Waals surface area (Å²) >= 11 is 0. The molecule has 0 saturated carbocycles. The minimum atomic E-state index is -3.48. The Morgan fingerprint density at radius 2 is 1.57 bits per heavy atom. The molecular weight excluding hydrogens is 286 g/mol. The Balaban J connectivity index is 3.64. The molecule has 1 aromatic heterocycles. The maximum atomic E-state index is 11.8. The first-order valence-corrected chi connectivity index (χ1v) is 8.68. The molecular formula is C15H25N3O2S. The van der Waals surface area contributed by atoms with Gasteiger partial charge in [-0.05, 0) is 47.6 Å². The molecule has 0 fully saturated rings. The van der Waals surface area contributed by atoms with Crippen molar-refractivity contribution in [2.75, 3.05) is 11.2 Å². The maximum Gasteiger partial charge on any atom is 0.249 e. The van der Waals surface area contributed by atoms with Gasteiger partial charge < -0.3 is 4.90 Å². The Bertz CT molecular complexity index is 624. The van der Waals surface area contributed by atoms with Crippen LogP contribution >= 0.6 is 0 Å². The Hall–Kier alpha value is -1.43. The van der Waals surface area contributed by atoms with Gasteiger partial charge in [0.2, 0.25) is 15.0 Å². The van der Waals surface area contributed by atoms with Gasteiger partial charge in [-0.2, -0.15) is 0 Å². The molecule has 0 aromatic carbocycles. The van der Waals surface area contributed by atoms with Crippen molar-refractivity contribution in [3.8, 4) is 0 Å². The summed E-state index contributed by atoms with van der Waals surface area (Å²) in [6, 6.07) is 1.76. The first-order valence-electron chi connectivity index (χ1n) is 6.79. The predicted octanol–water partition coefficient (Wildman–Crippen LogP) is 2.93. The van der Waals surface area contributed by atoms with Crippen molar-refractivity contribution in [1.29, 1.82) is 0 Å². The fourth-order valence-electron chi connectivity index (χ4n) is 2.51. The highest BCUT2D eigenvalue weighted by molar-refractivity contribution is 7.90. The second kappa shape index (κ2) is 5.40. The molecule has 6 heteroatoms. The molecule has 0 aliphatic rings. The molecule has 1 heterocycles. The molecule has 118 valence electrons. The lowest BCUT2D eigenvalue weighted by Crippen LogP contribution is -2.53. The highest BCUT2D eigenvalue weighted by atomic mass is 32.2. The summed E-state index contributed by atoms with van der Waals surface area (Å²) in [7, 11) is -3.48. The topological polar surface area (TPSA) is 63.2 Å². The quantitative estimate of drug-likeness (QED) is 0.803. The van der Waals surface area contributed by atoms with Crippen molar-refractivity contribution < 1.29 is 8.42 Å². The van der Waals surface area contributed by atoms with Gasteiger partial charge in [-0.15, -0.1) is 0 Å². The van der Waals surface area contributed by atoms with E-state index < -0.39 is 9.84 Å². The number of anilines is 1. The third-order valence-electron chi connectivity index (χ3n) is 2.82. The van der Waals surface area contributed by atoms with Crippen LogP contribution in [0.5, 0.6) is 0 Å². The highest BCUT2D eigenvalue weighted by Crippen LogP contribution is 2.31. The van der Waals surface area contributed by atoms with E-state index in [2.05, 4.69) is 63.0 Å². The average Bonchev–Trinajstić information content (AvgIpc) is 2.23. The molecule has 21 heavy (non-hydrogen) atoms. The van der Waals surface area contributed by atoms with Gasteiger partial charge >= 0.3 is 0 Å². The molecule has 0 unspecified atom stereocenters. The lowest BCUT2D eigenvalue weighted by Gasteiger charge is -2.46. The first-order chi connectivity index (χ1) is 9.26. The van der Waals surface area contributed by atoms with E-state index >= 15 is 0 Å². The zero-order chi connectivity index (χ0) is 16.6. The Labute approximate surface area is 128 Å². The fraction of sp³-hybridized carbons (Fsp3) is 0.600. The minimum absolute atomic E-state index is 0.173. The molecule has 0 radical (unpaired) electrons. The zero-order valence-electron chi connectivity index (χ0n) is 13.9. The van der Waals surface area contributed by atoms with E-state index in [1.807, 2.05) is 0 Å². The molecule has 0 bridgehead atoms. The van der Waals surface area contributed by atoms with E-state index in [0.29, 0.717) is 11.5 Å². The van der Waals surface area contributed by atoms with Gasteiger partial charge in [0.05, 0.1) is 5.69 Å². The van der Waals surface area contributed by atoms with Gasteiger partial charge in [0.15, 0.2) is 0 Å². The smallest absolute Gasteiger partial charge is 0.249 e. The maximum absolute atomic E-state index is 11.8. The summed E-state index contributed by atoms with van der Waals surface area (Å²) < 4.78 is 23.6. The Kier molecular flexibility index (Phi) is 4.53. The van der Waals surface area contributed by atoms with Crippen LogP contribution in [0.1, 0.15) is 47.2 Å². The summed E-state index contributed by atoms with van der Waals surface area (Å²) in [6.07, 6.45) is 2.64. The average molecular weight is 311 g/mol. The normalized spacial score (nSPS) is 13.1. The number of aromatic nitrogens is 2. The number of hydrogen-bond acceptors (Lipinski definition) is 5. The van der Waals surface area contributed by atoms with Crippen molar-refractivity contribution in [2.24, 2.45) is 0 Å². The molecule has 0 N–H and O–H groups in total. The summed E-state index contributed by atoms with van der Waals surface area (Å²) in [5.74, 6) is 0.584. The van der Waals surface area contributed by atoms with Crippen LogP contribution in [0.2, 0.25) is 0 Å². The molecule has 1 aromatic rings. The highest BCUT2D eigenvalue weighted by Gasteiger charge is 2.33. The van der Waals surface area contributed by atoms with Gasteiger partial charge in [-0.25, -0.2) is 18.4 Å². The third kappa shape index (κ3) is 4.27. The lowest BCUT2D eigenvalue weighted by molar-refractivity contribution is 0.375. The van der Waals surface area contributed by atoms with Gasteiger partial charge in [-0.3, -0.25) is 0 Å². The lowest BCUT2D eigenvalue weighted by atomic mass is 9.96. The van der Waals surface area contributed by atoms with Crippen LogP contribution in [-0.2, 0) is 9.84 Å². The molecule has 0 spiro atoms. The summed E-state index contributed by atoms with van der Waals surface area (Å²) in [5, 5.41) is -0.173. The summed E-state index contributed by atoms with van der Waals surface area (Å²) in [6.45, 7) is 16.1. The SMILES string of the molecule is C=Cc1cc(N(C(C)(C)C)C(C)(C)C)nc(S(C)(=O)=O)n1. The van der Waals surface area contributed by atoms with Crippen LogP contribution in [0.25, 0.3) is 6.08 Å². The van der Waals surface area contributed by atoms with E-state index in [4.69, 9.17) is 0 Å². The standard InChI is InChI=1S/C15H25N3O2S/c1-9-11-10-12(17-13(16-11)21(8,19)20)18(14(2,3)4)15(5,6)7/h9-10H,1H2,2-8H3. The van der Waals surface area contributed by atoms with Gasteiger partial charge in [0, 0.05) is 23.4 Å². The van der Waals surface area contributed by atoms with E-state index in [0.717, 1.165) is 6.26 Å². The number of rotatable bonds is 3. The predicted molar refractivity (Wildman–Crippen MR) is 87.2 cm³/mol. The van der Waals surface area contributed by atoms with Crippen molar-refractivity contribution in [2.45, 2.75) is 57.8 Å². The molecule has 5 nitrogen and oxygen atoms in total. The van der Waals surface area contributed by atoms with E-state index in [1.165, 1.54) is 6.08 Å². The van der Waals surface area contributed by atoms with Gasteiger partial charge in [0.25, 0.3) is 0 Å². The molecule has 1 rings (SSSR count). The third-order valence-corrected chi connectivity index (χ3v) is 3.67. The molecule has 0 atom stereocenters. The molecule has 0 aliphatic carbocycles. The van der Waals surface area contributed by atoms with Crippen molar-refractivity contribution >= 4 is 21.7 Å². The second-order valence-electron chi connectivity index (χ2n) is 7.09. The fourth-order valence-corrected chi connectivity index (χ4v) is 3.04. The Morgan fingerprint density at radius 3 is 1.90 bits per heavy atom. The van der Waals surface area contributed by atoms with Crippen molar-refractivity contribution in [1.82, 2.24) is 9.97 Å².